The number of hydrogen-bond donors (Lipinski definition) is 0. The maximum Gasteiger partial charge on any atom is 0.352 e. The highest BCUT2D eigenvalue weighted by molar-refractivity contribution is 7.91. The number of hydrogen-bond acceptors (Lipinski definition) is 8. The zero-order valence-electron chi connectivity index (χ0n) is 22.7. The number of sulfone groups is 2. The molecule has 0 amide bonds. The van der Waals surface area contributed by atoms with Crippen LogP contribution in [-0.4, -0.2) is 52.2 Å². The summed E-state index contributed by atoms with van der Waals surface area (Å²) in [6.07, 6.45) is 3.27. The number of esters is 1. The molecule has 1 aromatic heterocycles. The minimum absolute atomic E-state index is 0.130. The number of nitrogens with zero attached hydrogens (tertiary/aromatic N) is 1. The summed E-state index contributed by atoms with van der Waals surface area (Å²) < 4.78 is 59.3. The van der Waals surface area contributed by atoms with Gasteiger partial charge in [0.15, 0.2) is 9.84 Å². The van der Waals surface area contributed by atoms with E-state index in [0.29, 0.717) is 17.7 Å². The molecular formula is C30H31NO7S2. The topological polar surface area (TPSA) is 117 Å². The van der Waals surface area contributed by atoms with Gasteiger partial charge in [-0.1, -0.05) is 30.3 Å². The lowest BCUT2D eigenvalue weighted by Crippen LogP contribution is -2.21. The molecule has 4 rings (SSSR count). The van der Waals surface area contributed by atoms with E-state index in [-0.39, 0.29) is 11.5 Å². The molecule has 0 radical (unpaired) electrons. The molecular weight excluding hydrogens is 550 g/mol. The summed E-state index contributed by atoms with van der Waals surface area (Å²) >= 11 is 0. The van der Waals surface area contributed by atoms with E-state index in [2.05, 4.69) is 4.98 Å². The van der Waals surface area contributed by atoms with Gasteiger partial charge in [0.1, 0.15) is 15.6 Å². The average molecular weight is 582 g/mol. The van der Waals surface area contributed by atoms with Crippen molar-refractivity contribution in [1.29, 1.82) is 0 Å². The molecule has 4 aromatic rings. The second kappa shape index (κ2) is 11.8. The van der Waals surface area contributed by atoms with Crippen LogP contribution in [0.15, 0.2) is 83.9 Å². The minimum Gasteiger partial charge on any atom is -0.474 e. The maximum atomic E-state index is 12.9. The van der Waals surface area contributed by atoms with Crippen molar-refractivity contribution in [3.05, 3.63) is 90.1 Å². The van der Waals surface area contributed by atoms with Crippen LogP contribution in [0.1, 0.15) is 31.1 Å². The minimum atomic E-state index is -3.40. The van der Waals surface area contributed by atoms with Crippen molar-refractivity contribution in [1.82, 2.24) is 4.98 Å². The number of benzene rings is 3. The molecule has 210 valence electrons. The van der Waals surface area contributed by atoms with Crippen molar-refractivity contribution in [2.75, 3.05) is 19.1 Å². The molecule has 0 aliphatic rings. The Hall–Kier alpha value is -3.76. The Labute approximate surface area is 234 Å². The summed E-state index contributed by atoms with van der Waals surface area (Å²) in [4.78, 5) is 17.6. The van der Waals surface area contributed by atoms with E-state index in [9.17, 15) is 21.6 Å². The van der Waals surface area contributed by atoms with Crippen LogP contribution in [0, 0.1) is 0 Å². The van der Waals surface area contributed by atoms with E-state index >= 15 is 0 Å². The summed E-state index contributed by atoms with van der Waals surface area (Å²) in [5, 5.41) is 0.320. The van der Waals surface area contributed by atoms with Gasteiger partial charge in [-0.2, -0.15) is 0 Å². The van der Waals surface area contributed by atoms with E-state index in [1.54, 1.807) is 38.2 Å². The first-order valence-corrected chi connectivity index (χ1v) is 16.5. The van der Waals surface area contributed by atoms with Crippen LogP contribution in [0.2, 0.25) is 0 Å². The van der Waals surface area contributed by atoms with Gasteiger partial charge in [0.25, 0.3) is 0 Å². The van der Waals surface area contributed by atoms with Crippen LogP contribution in [0.25, 0.3) is 22.0 Å². The highest BCUT2D eigenvalue weighted by Crippen LogP contribution is 2.33. The molecule has 0 saturated heterocycles. The normalized spacial score (nSPS) is 13.5. The van der Waals surface area contributed by atoms with E-state index in [1.807, 2.05) is 30.3 Å². The Morgan fingerprint density at radius 3 is 2.30 bits per heavy atom. The van der Waals surface area contributed by atoms with Crippen molar-refractivity contribution < 1.29 is 31.1 Å². The van der Waals surface area contributed by atoms with E-state index < -0.39 is 37.0 Å². The predicted octanol–water partition coefficient (Wildman–Crippen LogP) is 4.96. The van der Waals surface area contributed by atoms with Gasteiger partial charge < -0.3 is 9.47 Å². The van der Waals surface area contributed by atoms with Crippen molar-refractivity contribution in [3.8, 4) is 16.9 Å². The molecule has 0 spiro atoms. The maximum absolute atomic E-state index is 12.9. The molecule has 2 atom stereocenters. The molecule has 0 fully saturated rings. The largest absolute Gasteiger partial charge is 0.474 e. The summed E-state index contributed by atoms with van der Waals surface area (Å²) in [6.45, 7) is 3.53. The Morgan fingerprint density at radius 1 is 0.925 bits per heavy atom. The lowest BCUT2D eigenvalue weighted by Gasteiger charge is -2.19. The predicted molar refractivity (Wildman–Crippen MR) is 155 cm³/mol. The quantitative estimate of drug-likeness (QED) is 0.241. The fraction of sp³-hybridized carbons (Fsp3) is 0.267. The standard InChI is InChI=1S/C30H31NO7S2/c1-5-37-30(32)29(22-11-13-26(14-12-22)40(4,35)36)38-25-10-6-8-23(19-25)27-18-21(16-20(2)39(3,33)34)17-24-9-7-15-31-28(24)27/h6-15,17-20,29H,5,16H2,1-4H3. The van der Waals surface area contributed by atoms with Gasteiger partial charge in [0, 0.05) is 35.2 Å². The molecule has 3 aromatic carbocycles. The molecule has 0 aliphatic carbocycles. The number of pyridine rings is 1. The average Bonchev–Trinajstić information content (AvgIpc) is 2.90. The van der Waals surface area contributed by atoms with Gasteiger partial charge in [-0.15, -0.1) is 0 Å². The second-order valence-corrected chi connectivity index (χ2v) is 14.2. The van der Waals surface area contributed by atoms with Gasteiger partial charge in [0.2, 0.25) is 6.10 Å². The SMILES string of the molecule is CCOC(=O)C(Oc1cccc(-c2cc(CC(C)S(C)(=O)=O)cc3cccnc23)c1)c1ccc(S(C)(=O)=O)cc1. The van der Waals surface area contributed by atoms with Crippen LogP contribution in [0.3, 0.4) is 0 Å². The van der Waals surface area contributed by atoms with Gasteiger partial charge in [0.05, 0.1) is 22.3 Å². The fourth-order valence-electron chi connectivity index (χ4n) is 4.31. The fourth-order valence-corrected chi connectivity index (χ4v) is 5.43. The van der Waals surface area contributed by atoms with Crippen molar-refractivity contribution in [2.24, 2.45) is 0 Å². The van der Waals surface area contributed by atoms with Gasteiger partial charge in [-0.05, 0) is 73.9 Å². The first kappa shape index (κ1) is 29.2. The summed E-state index contributed by atoms with van der Waals surface area (Å²) in [5.41, 5.74) is 3.61. The van der Waals surface area contributed by atoms with Crippen molar-refractivity contribution >= 4 is 36.5 Å². The summed E-state index contributed by atoms with van der Waals surface area (Å²) in [5.74, 6) is -0.217. The Bertz CT molecular complexity index is 1750. The smallest absolute Gasteiger partial charge is 0.352 e. The molecule has 8 nitrogen and oxygen atoms in total. The second-order valence-electron chi connectivity index (χ2n) is 9.68. The zero-order valence-corrected chi connectivity index (χ0v) is 24.3. The number of fused-ring (bicyclic) bond motifs is 1. The van der Waals surface area contributed by atoms with Crippen molar-refractivity contribution in [2.45, 2.75) is 36.5 Å². The molecule has 10 heteroatoms. The van der Waals surface area contributed by atoms with Gasteiger partial charge in [-0.25, -0.2) is 21.6 Å². The highest BCUT2D eigenvalue weighted by atomic mass is 32.2. The number of carbonyl (C=O) groups is 1. The molecule has 0 saturated carbocycles. The Kier molecular flexibility index (Phi) is 8.60. The van der Waals surface area contributed by atoms with Gasteiger partial charge >= 0.3 is 5.97 Å². The Balaban J connectivity index is 1.73. The molecule has 0 bridgehead atoms. The third-order valence-corrected chi connectivity index (χ3v) is 9.29. The van der Waals surface area contributed by atoms with E-state index in [0.717, 1.165) is 33.8 Å². The number of rotatable bonds is 10. The molecule has 1 heterocycles. The van der Waals surface area contributed by atoms with Crippen LogP contribution >= 0.6 is 0 Å². The first-order valence-electron chi connectivity index (χ1n) is 12.7. The molecule has 0 N–H and O–H groups in total. The van der Waals surface area contributed by atoms with Crippen LogP contribution in [-0.2, 0) is 35.6 Å². The van der Waals surface area contributed by atoms with Crippen LogP contribution in [0.4, 0.5) is 0 Å². The van der Waals surface area contributed by atoms with E-state index in [1.165, 1.54) is 30.5 Å². The third kappa shape index (κ3) is 6.86. The van der Waals surface area contributed by atoms with Gasteiger partial charge in [-0.3, -0.25) is 4.98 Å². The number of aromatic nitrogens is 1. The summed E-state index contributed by atoms with van der Waals surface area (Å²) in [7, 11) is -6.62. The lowest BCUT2D eigenvalue weighted by atomic mass is 9.97. The summed E-state index contributed by atoms with van der Waals surface area (Å²) in [6, 6.07) is 20.7. The lowest BCUT2D eigenvalue weighted by molar-refractivity contribution is -0.151. The monoisotopic (exact) mass is 581 g/mol. The van der Waals surface area contributed by atoms with E-state index in [4.69, 9.17) is 9.47 Å². The number of carbonyl (C=O) groups excluding carboxylic acids is 1. The molecule has 2 unspecified atom stereocenters. The molecule has 40 heavy (non-hydrogen) atoms. The third-order valence-electron chi connectivity index (χ3n) is 6.53. The highest BCUT2D eigenvalue weighted by Gasteiger charge is 2.25. The number of ether oxygens (including phenoxy) is 2. The zero-order chi connectivity index (χ0) is 29.1. The first-order chi connectivity index (χ1) is 18.9. The van der Waals surface area contributed by atoms with Crippen LogP contribution in [0.5, 0.6) is 5.75 Å². The Morgan fingerprint density at radius 2 is 1.65 bits per heavy atom. The van der Waals surface area contributed by atoms with Crippen LogP contribution < -0.4 is 4.74 Å². The van der Waals surface area contributed by atoms with Crippen molar-refractivity contribution in [3.63, 3.8) is 0 Å². The molecule has 0 aliphatic heterocycles.